The first-order valence-electron chi connectivity index (χ1n) is 9.31. The molecule has 5 rings (SSSR count). The smallest absolute Gasteiger partial charge is 0.257 e. The van der Waals surface area contributed by atoms with Crippen molar-refractivity contribution < 1.29 is 9.21 Å². The number of thioether (sulfide) groups is 1. The predicted octanol–water partition coefficient (Wildman–Crippen LogP) is 3.58. The first-order chi connectivity index (χ1) is 13.7. The van der Waals surface area contributed by atoms with Crippen LogP contribution in [0.1, 0.15) is 18.4 Å². The van der Waals surface area contributed by atoms with Gasteiger partial charge in [0.05, 0.1) is 5.75 Å². The fourth-order valence-electron chi connectivity index (χ4n) is 3.49. The van der Waals surface area contributed by atoms with E-state index < -0.39 is 0 Å². The highest BCUT2D eigenvalue weighted by atomic mass is 32.2. The quantitative estimate of drug-likeness (QED) is 0.493. The topological polar surface area (TPSA) is 77.0 Å². The third kappa shape index (κ3) is 3.13. The van der Waals surface area contributed by atoms with E-state index in [2.05, 4.69) is 15.2 Å². The molecule has 0 radical (unpaired) electrons. The van der Waals surface area contributed by atoms with Gasteiger partial charge in [0.2, 0.25) is 5.91 Å². The lowest BCUT2D eigenvalue weighted by atomic mass is 10.2. The van der Waals surface area contributed by atoms with Crippen LogP contribution in [0, 0.1) is 6.92 Å². The molecule has 1 aliphatic heterocycles. The van der Waals surface area contributed by atoms with E-state index in [0.717, 1.165) is 53.7 Å². The van der Waals surface area contributed by atoms with Crippen LogP contribution >= 0.6 is 11.8 Å². The summed E-state index contributed by atoms with van der Waals surface area (Å²) in [5.41, 5.74) is 4.80. The van der Waals surface area contributed by atoms with E-state index in [4.69, 9.17) is 4.42 Å². The Kier molecular flexibility index (Phi) is 4.27. The summed E-state index contributed by atoms with van der Waals surface area (Å²) in [4.78, 5) is 20.4. The van der Waals surface area contributed by atoms with Crippen LogP contribution in [0.15, 0.2) is 46.0 Å². The zero-order chi connectivity index (χ0) is 19.1. The largest absolute Gasteiger partial charge is 0.429 e. The molecule has 4 aromatic rings. The zero-order valence-electron chi connectivity index (χ0n) is 15.5. The van der Waals surface area contributed by atoms with Crippen molar-refractivity contribution in [3.05, 3.63) is 42.0 Å². The lowest BCUT2D eigenvalue weighted by Crippen LogP contribution is -2.29. The standard InChI is InChI=1S/C20H19N5O2S/c1-13-10-16-19(17(11-13)25-22-14-6-2-3-7-15(14)23-25)27-20(21-16)28-12-18(26)24-8-4-5-9-24/h2-3,6-7,10-11H,4-5,8-9,12H2,1H3. The average Bonchev–Trinajstić information content (AvgIpc) is 3.43. The Morgan fingerprint density at radius 3 is 2.54 bits per heavy atom. The maximum atomic E-state index is 12.3. The van der Waals surface area contributed by atoms with E-state index in [1.54, 1.807) is 4.80 Å². The third-order valence-corrected chi connectivity index (χ3v) is 5.69. The Morgan fingerprint density at radius 1 is 1.11 bits per heavy atom. The monoisotopic (exact) mass is 393 g/mol. The Morgan fingerprint density at radius 2 is 1.82 bits per heavy atom. The van der Waals surface area contributed by atoms with Crippen LogP contribution in [0.2, 0.25) is 0 Å². The number of amides is 1. The first-order valence-corrected chi connectivity index (χ1v) is 10.3. The van der Waals surface area contributed by atoms with E-state index in [-0.39, 0.29) is 5.91 Å². The van der Waals surface area contributed by atoms with Crippen molar-refractivity contribution in [2.75, 3.05) is 18.8 Å². The Labute approximate surface area is 165 Å². The second kappa shape index (κ2) is 6.94. The second-order valence-corrected chi connectivity index (χ2v) is 7.89. The van der Waals surface area contributed by atoms with Crippen molar-refractivity contribution in [2.24, 2.45) is 0 Å². The summed E-state index contributed by atoms with van der Waals surface area (Å²) < 4.78 is 6.00. The van der Waals surface area contributed by atoms with Gasteiger partial charge < -0.3 is 9.32 Å². The van der Waals surface area contributed by atoms with Crippen LogP contribution in [-0.4, -0.2) is 49.6 Å². The summed E-state index contributed by atoms with van der Waals surface area (Å²) in [7, 11) is 0. The number of fused-ring (bicyclic) bond motifs is 2. The highest BCUT2D eigenvalue weighted by Crippen LogP contribution is 2.29. The van der Waals surface area contributed by atoms with Gasteiger partial charge in [0.15, 0.2) is 5.58 Å². The number of carbonyl (C=O) groups is 1. The Hall–Kier alpha value is -2.87. The van der Waals surface area contributed by atoms with Gasteiger partial charge in [-0.05, 0) is 49.6 Å². The van der Waals surface area contributed by atoms with Gasteiger partial charge >= 0.3 is 0 Å². The van der Waals surface area contributed by atoms with E-state index in [9.17, 15) is 4.79 Å². The number of hydrogen-bond acceptors (Lipinski definition) is 6. The normalized spacial score (nSPS) is 14.4. The molecule has 1 saturated heterocycles. The number of hydrogen-bond donors (Lipinski definition) is 0. The van der Waals surface area contributed by atoms with Gasteiger partial charge in [-0.15, -0.1) is 15.0 Å². The van der Waals surface area contributed by atoms with Gasteiger partial charge in [-0.2, -0.15) is 0 Å². The van der Waals surface area contributed by atoms with Crippen LogP contribution in [0.3, 0.4) is 0 Å². The molecule has 1 fully saturated rings. The van der Waals surface area contributed by atoms with E-state index >= 15 is 0 Å². The van der Waals surface area contributed by atoms with E-state index in [1.807, 2.05) is 48.2 Å². The molecule has 28 heavy (non-hydrogen) atoms. The highest BCUT2D eigenvalue weighted by Gasteiger charge is 2.20. The number of carbonyl (C=O) groups excluding carboxylic acids is 1. The van der Waals surface area contributed by atoms with Crippen molar-refractivity contribution >= 4 is 39.8 Å². The number of likely N-dealkylation sites (tertiary alicyclic amines) is 1. The fraction of sp³-hybridized carbons (Fsp3) is 0.300. The summed E-state index contributed by atoms with van der Waals surface area (Å²) >= 11 is 1.34. The summed E-state index contributed by atoms with van der Waals surface area (Å²) in [6.07, 6.45) is 2.18. The SMILES string of the molecule is Cc1cc(-n2nc3ccccc3n2)c2oc(SCC(=O)N3CCCC3)nc2c1. The van der Waals surface area contributed by atoms with Crippen molar-refractivity contribution in [3.63, 3.8) is 0 Å². The van der Waals surface area contributed by atoms with Crippen molar-refractivity contribution in [2.45, 2.75) is 25.0 Å². The van der Waals surface area contributed by atoms with E-state index in [1.165, 1.54) is 11.8 Å². The molecule has 0 aliphatic carbocycles. The van der Waals surface area contributed by atoms with Gasteiger partial charge in [0, 0.05) is 13.1 Å². The number of benzene rings is 2. The second-order valence-electron chi connectivity index (χ2n) is 6.97. The molecule has 0 atom stereocenters. The molecule has 1 aliphatic rings. The lowest BCUT2D eigenvalue weighted by molar-refractivity contribution is -0.127. The summed E-state index contributed by atoms with van der Waals surface area (Å²) in [6, 6.07) is 11.7. The summed E-state index contributed by atoms with van der Waals surface area (Å²) in [5, 5.41) is 9.61. The van der Waals surface area contributed by atoms with Crippen LogP contribution in [0.25, 0.3) is 27.8 Å². The number of rotatable bonds is 4. The fourth-order valence-corrected chi connectivity index (χ4v) is 4.23. The van der Waals surface area contributed by atoms with E-state index in [0.29, 0.717) is 16.6 Å². The lowest BCUT2D eigenvalue weighted by Gasteiger charge is -2.13. The molecule has 0 N–H and O–H groups in total. The molecule has 8 heteroatoms. The molecule has 1 amide bonds. The molecular formula is C20H19N5O2S. The van der Waals surface area contributed by atoms with Crippen molar-refractivity contribution in [3.8, 4) is 5.69 Å². The van der Waals surface area contributed by atoms with Crippen LogP contribution < -0.4 is 0 Å². The average molecular weight is 393 g/mol. The van der Waals surface area contributed by atoms with Gasteiger partial charge in [-0.3, -0.25) is 4.79 Å². The number of aryl methyl sites for hydroxylation is 1. The molecule has 0 unspecified atom stereocenters. The van der Waals surface area contributed by atoms with Crippen LogP contribution in [0.5, 0.6) is 0 Å². The van der Waals surface area contributed by atoms with Gasteiger partial charge in [0.25, 0.3) is 5.22 Å². The third-order valence-electron chi connectivity index (χ3n) is 4.88. The maximum Gasteiger partial charge on any atom is 0.257 e. The molecule has 0 saturated carbocycles. The number of aromatic nitrogens is 4. The first kappa shape index (κ1) is 17.2. The number of nitrogens with zero attached hydrogens (tertiary/aromatic N) is 5. The van der Waals surface area contributed by atoms with Gasteiger partial charge in [0.1, 0.15) is 22.2 Å². The molecule has 142 valence electrons. The molecule has 0 bridgehead atoms. The Bertz CT molecular complexity index is 1140. The van der Waals surface area contributed by atoms with Gasteiger partial charge in [-0.25, -0.2) is 4.98 Å². The molecule has 2 aromatic heterocycles. The molecule has 3 heterocycles. The number of oxazole rings is 1. The molecule has 2 aromatic carbocycles. The van der Waals surface area contributed by atoms with Crippen molar-refractivity contribution in [1.29, 1.82) is 0 Å². The van der Waals surface area contributed by atoms with Crippen LogP contribution in [0.4, 0.5) is 0 Å². The minimum atomic E-state index is 0.140. The summed E-state index contributed by atoms with van der Waals surface area (Å²) in [6.45, 7) is 3.72. The Balaban J connectivity index is 1.47. The summed E-state index contributed by atoms with van der Waals surface area (Å²) in [5.74, 6) is 0.478. The molecular weight excluding hydrogens is 374 g/mol. The molecule has 7 nitrogen and oxygen atoms in total. The molecule has 0 spiro atoms. The van der Waals surface area contributed by atoms with Crippen molar-refractivity contribution in [1.82, 2.24) is 24.9 Å². The maximum absolute atomic E-state index is 12.3. The predicted molar refractivity (Wildman–Crippen MR) is 108 cm³/mol. The minimum absolute atomic E-state index is 0.140. The zero-order valence-corrected chi connectivity index (χ0v) is 16.3. The van der Waals surface area contributed by atoms with Gasteiger partial charge in [-0.1, -0.05) is 23.9 Å². The minimum Gasteiger partial charge on any atom is -0.429 e. The van der Waals surface area contributed by atoms with Crippen LogP contribution in [-0.2, 0) is 4.79 Å². The highest BCUT2D eigenvalue weighted by molar-refractivity contribution is 7.99.